The van der Waals surface area contributed by atoms with Crippen molar-refractivity contribution in [2.45, 2.75) is 6.42 Å². The summed E-state index contributed by atoms with van der Waals surface area (Å²) in [6.45, 7) is 0.877. The minimum Gasteiger partial charge on any atom is -0.396 e. The van der Waals surface area contributed by atoms with Gasteiger partial charge in [0.05, 0.1) is 0 Å². The molecule has 0 atom stereocenters. The van der Waals surface area contributed by atoms with E-state index >= 15 is 0 Å². The van der Waals surface area contributed by atoms with Crippen LogP contribution in [0.3, 0.4) is 0 Å². The molecule has 0 aromatic heterocycles. The van der Waals surface area contributed by atoms with E-state index in [2.05, 4.69) is 17.4 Å². The van der Waals surface area contributed by atoms with Gasteiger partial charge in [0, 0.05) is 24.5 Å². The first-order chi connectivity index (χ1) is 10.8. The minimum absolute atomic E-state index is 0.0395. The molecule has 0 bridgehead atoms. The molecule has 0 unspecified atom stereocenters. The SMILES string of the molecule is O=C(NCCSCCCO)c1ccc(-c2ccccc2)cc1. The standard InChI is InChI=1S/C18H21NO2S/c20-12-4-13-22-14-11-19-18(21)17-9-7-16(8-10-17)15-5-2-1-3-6-15/h1-3,5-10,20H,4,11-14H2,(H,19,21). The molecular weight excluding hydrogens is 294 g/mol. The molecule has 0 radical (unpaired) electrons. The number of carbonyl (C=O) groups excluding carboxylic acids is 1. The molecule has 2 aromatic rings. The number of rotatable bonds is 8. The van der Waals surface area contributed by atoms with E-state index in [1.807, 2.05) is 42.5 Å². The predicted octanol–water partition coefficient (Wildman–Crippen LogP) is 3.20. The fraction of sp³-hybridized carbons (Fsp3) is 0.278. The van der Waals surface area contributed by atoms with E-state index in [-0.39, 0.29) is 12.5 Å². The van der Waals surface area contributed by atoms with Crippen molar-refractivity contribution in [3.05, 3.63) is 60.2 Å². The number of nitrogens with one attached hydrogen (secondary N) is 1. The molecule has 4 heteroatoms. The second-order valence-corrected chi connectivity index (χ2v) is 6.11. The maximum atomic E-state index is 12.0. The van der Waals surface area contributed by atoms with Gasteiger partial charge in [-0.1, -0.05) is 42.5 Å². The molecule has 0 aliphatic heterocycles. The molecule has 0 spiro atoms. The topological polar surface area (TPSA) is 49.3 Å². The summed E-state index contributed by atoms with van der Waals surface area (Å²) in [7, 11) is 0. The van der Waals surface area contributed by atoms with Crippen LogP contribution in [0.25, 0.3) is 11.1 Å². The smallest absolute Gasteiger partial charge is 0.251 e. The van der Waals surface area contributed by atoms with Gasteiger partial charge in [0.2, 0.25) is 0 Å². The Kier molecular flexibility index (Phi) is 7.00. The van der Waals surface area contributed by atoms with Crippen molar-refractivity contribution in [1.29, 1.82) is 0 Å². The first-order valence-corrected chi connectivity index (χ1v) is 8.59. The van der Waals surface area contributed by atoms with E-state index in [1.54, 1.807) is 11.8 Å². The summed E-state index contributed by atoms with van der Waals surface area (Å²) < 4.78 is 0. The number of hydrogen-bond donors (Lipinski definition) is 2. The lowest BCUT2D eigenvalue weighted by Crippen LogP contribution is -2.25. The van der Waals surface area contributed by atoms with Crippen LogP contribution < -0.4 is 5.32 Å². The van der Waals surface area contributed by atoms with E-state index in [1.165, 1.54) is 0 Å². The molecule has 116 valence electrons. The third-order valence-corrected chi connectivity index (χ3v) is 4.30. The summed E-state index contributed by atoms with van der Waals surface area (Å²) >= 11 is 1.74. The van der Waals surface area contributed by atoms with Crippen molar-refractivity contribution in [2.75, 3.05) is 24.7 Å². The Morgan fingerprint density at radius 1 is 0.955 bits per heavy atom. The maximum Gasteiger partial charge on any atom is 0.251 e. The molecule has 0 saturated carbocycles. The van der Waals surface area contributed by atoms with Gasteiger partial charge in [0.1, 0.15) is 0 Å². The molecule has 1 amide bonds. The number of benzene rings is 2. The van der Waals surface area contributed by atoms with Crippen LogP contribution >= 0.6 is 11.8 Å². The van der Waals surface area contributed by atoms with Crippen molar-refractivity contribution in [1.82, 2.24) is 5.32 Å². The maximum absolute atomic E-state index is 12.0. The predicted molar refractivity (Wildman–Crippen MR) is 93.2 cm³/mol. The van der Waals surface area contributed by atoms with Gasteiger partial charge in [-0.15, -0.1) is 0 Å². The van der Waals surface area contributed by atoms with Crippen LogP contribution in [-0.4, -0.2) is 35.7 Å². The molecule has 2 N–H and O–H groups in total. The fourth-order valence-electron chi connectivity index (χ4n) is 2.05. The van der Waals surface area contributed by atoms with Crippen molar-refractivity contribution < 1.29 is 9.90 Å². The van der Waals surface area contributed by atoms with Gasteiger partial charge in [-0.2, -0.15) is 11.8 Å². The van der Waals surface area contributed by atoms with Gasteiger partial charge in [-0.05, 0) is 35.4 Å². The Morgan fingerprint density at radius 2 is 1.64 bits per heavy atom. The zero-order valence-electron chi connectivity index (χ0n) is 12.5. The lowest BCUT2D eigenvalue weighted by molar-refractivity contribution is 0.0956. The Hall–Kier alpha value is -1.78. The number of aliphatic hydroxyl groups is 1. The Bertz CT molecular complexity index is 569. The summed E-state index contributed by atoms with van der Waals surface area (Å²) in [4.78, 5) is 12.0. The minimum atomic E-state index is -0.0395. The van der Waals surface area contributed by atoms with Gasteiger partial charge in [0.15, 0.2) is 0 Å². The first kappa shape index (κ1) is 16.6. The van der Waals surface area contributed by atoms with Gasteiger partial charge in [0.25, 0.3) is 5.91 Å². The molecule has 22 heavy (non-hydrogen) atoms. The molecule has 0 saturated heterocycles. The quantitative estimate of drug-likeness (QED) is 0.736. The molecular formula is C18H21NO2S. The van der Waals surface area contributed by atoms with Crippen LogP contribution in [0.4, 0.5) is 0 Å². The second kappa shape index (κ2) is 9.28. The highest BCUT2D eigenvalue weighted by Crippen LogP contribution is 2.19. The van der Waals surface area contributed by atoms with E-state index < -0.39 is 0 Å². The van der Waals surface area contributed by atoms with Crippen LogP contribution in [-0.2, 0) is 0 Å². The molecule has 0 fully saturated rings. The van der Waals surface area contributed by atoms with Gasteiger partial charge < -0.3 is 10.4 Å². The molecule has 0 aliphatic carbocycles. The highest BCUT2D eigenvalue weighted by Gasteiger charge is 2.05. The largest absolute Gasteiger partial charge is 0.396 e. The van der Waals surface area contributed by atoms with E-state index in [0.717, 1.165) is 29.1 Å². The van der Waals surface area contributed by atoms with Crippen molar-refractivity contribution >= 4 is 17.7 Å². The van der Waals surface area contributed by atoms with Crippen molar-refractivity contribution in [3.63, 3.8) is 0 Å². The number of thioether (sulfide) groups is 1. The van der Waals surface area contributed by atoms with Crippen molar-refractivity contribution in [2.24, 2.45) is 0 Å². The summed E-state index contributed by atoms with van der Waals surface area (Å²) in [5.74, 6) is 1.76. The Labute approximate surface area is 135 Å². The van der Waals surface area contributed by atoms with Crippen LogP contribution in [0.15, 0.2) is 54.6 Å². The molecule has 2 rings (SSSR count). The molecule has 0 heterocycles. The van der Waals surface area contributed by atoms with E-state index in [9.17, 15) is 4.79 Å². The van der Waals surface area contributed by atoms with Gasteiger partial charge in [-0.3, -0.25) is 4.79 Å². The van der Waals surface area contributed by atoms with Crippen LogP contribution in [0.2, 0.25) is 0 Å². The molecule has 2 aromatic carbocycles. The van der Waals surface area contributed by atoms with E-state index in [0.29, 0.717) is 12.1 Å². The third-order valence-electron chi connectivity index (χ3n) is 3.23. The van der Waals surface area contributed by atoms with Crippen LogP contribution in [0, 0.1) is 0 Å². The van der Waals surface area contributed by atoms with Crippen LogP contribution in [0.5, 0.6) is 0 Å². The van der Waals surface area contributed by atoms with E-state index in [4.69, 9.17) is 5.11 Å². The number of hydrogen-bond acceptors (Lipinski definition) is 3. The summed E-state index contributed by atoms with van der Waals surface area (Å²) in [5, 5.41) is 11.6. The summed E-state index contributed by atoms with van der Waals surface area (Å²) in [6, 6.07) is 17.8. The van der Waals surface area contributed by atoms with Gasteiger partial charge >= 0.3 is 0 Å². The number of aliphatic hydroxyl groups excluding tert-OH is 1. The number of carbonyl (C=O) groups is 1. The molecule has 3 nitrogen and oxygen atoms in total. The average Bonchev–Trinajstić information content (AvgIpc) is 2.59. The molecule has 0 aliphatic rings. The lowest BCUT2D eigenvalue weighted by Gasteiger charge is -2.06. The monoisotopic (exact) mass is 315 g/mol. The average molecular weight is 315 g/mol. The highest BCUT2D eigenvalue weighted by molar-refractivity contribution is 7.99. The lowest BCUT2D eigenvalue weighted by atomic mass is 10.0. The first-order valence-electron chi connectivity index (χ1n) is 7.43. The fourth-order valence-corrected chi connectivity index (χ4v) is 2.84. The second-order valence-electron chi connectivity index (χ2n) is 4.89. The summed E-state index contributed by atoms with van der Waals surface area (Å²) in [6.07, 6.45) is 0.805. The number of amides is 1. The van der Waals surface area contributed by atoms with Crippen molar-refractivity contribution in [3.8, 4) is 11.1 Å². The Morgan fingerprint density at radius 3 is 2.32 bits per heavy atom. The zero-order valence-corrected chi connectivity index (χ0v) is 13.3. The zero-order chi connectivity index (χ0) is 15.6. The summed E-state index contributed by atoms with van der Waals surface area (Å²) in [5.41, 5.74) is 2.94. The highest BCUT2D eigenvalue weighted by atomic mass is 32.2. The van der Waals surface area contributed by atoms with Gasteiger partial charge in [-0.25, -0.2) is 0 Å². The van der Waals surface area contributed by atoms with Crippen LogP contribution in [0.1, 0.15) is 16.8 Å². The Balaban J connectivity index is 1.81. The normalized spacial score (nSPS) is 10.4. The third kappa shape index (κ3) is 5.20.